The van der Waals surface area contributed by atoms with E-state index in [1.807, 2.05) is 6.07 Å². The first-order chi connectivity index (χ1) is 30.2. The number of hydrogen-bond acceptors (Lipinski definition) is 5. The van der Waals surface area contributed by atoms with Gasteiger partial charge in [0, 0.05) is 33.0 Å². The Morgan fingerprint density at radius 3 is 1.48 bits per heavy atom. The van der Waals surface area contributed by atoms with Crippen LogP contribution in [0.5, 0.6) is 0 Å². The zero-order valence-corrected chi connectivity index (χ0v) is 33.6. The van der Waals surface area contributed by atoms with E-state index in [-0.39, 0.29) is 0 Å². The van der Waals surface area contributed by atoms with Crippen molar-refractivity contribution in [3.63, 3.8) is 0 Å². The summed E-state index contributed by atoms with van der Waals surface area (Å²) in [5, 5.41) is 10.6. The maximum atomic E-state index is 5.17. The molecule has 0 unspecified atom stereocenters. The van der Waals surface area contributed by atoms with Gasteiger partial charge in [0.15, 0.2) is 17.5 Å². The average Bonchev–Trinajstić information content (AvgIpc) is 3.80. The van der Waals surface area contributed by atoms with Gasteiger partial charge in [0.05, 0.1) is 10.2 Å². The van der Waals surface area contributed by atoms with Crippen LogP contribution in [-0.2, 0) is 0 Å². The summed E-state index contributed by atoms with van der Waals surface area (Å²) >= 11 is 1.77. The Kier molecular flexibility index (Phi) is 8.32. The van der Waals surface area contributed by atoms with Crippen LogP contribution in [0.1, 0.15) is 0 Å². The number of aromatic nitrogens is 4. The molecule has 0 aliphatic rings. The Labute approximate surface area is 356 Å². The topological polar surface area (TPSA) is 51.6 Å². The standard InChI is InChI=1S/C56H34N4S/c1-2-14-41(15-3-1)56-57-51-47-21-9-8-20-46(47)50-34-42(32-33-48(50)52(51)61-56)35-24-28-39(29-25-35)53-58-54(60-55(59-53)49-23-11-17-37-13-5-7-19-45(37)49)40-30-26-38(27-31-40)44-22-10-16-36-12-4-6-18-43(36)44/h1-34H. The number of rotatable bonds is 6. The lowest BCUT2D eigenvalue weighted by molar-refractivity contribution is 1.08. The van der Waals surface area contributed by atoms with Crippen molar-refractivity contribution in [3.8, 4) is 67.0 Å². The van der Waals surface area contributed by atoms with Crippen molar-refractivity contribution in [2.45, 2.75) is 0 Å². The van der Waals surface area contributed by atoms with Crippen LogP contribution in [-0.4, -0.2) is 19.9 Å². The highest BCUT2D eigenvalue weighted by atomic mass is 32.1. The zero-order valence-electron chi connectivity index (χ0n) is 32.8. The Morgan fingerprint density at radius 1 is 0.279 bits per heavy atom. The molecule has 12 aromatic rings. The summed E-state index contributed by atoms with van der Waals surface area (Å²) in [5.74, 6) is 1.90. The predicted molar refractivity (Wildman–Crippen MR) is 256 cm³/mol. The molecule has 0 spiro atoms. The predicted octanol–water partition coefficient (Wildman–Crippen LogP) is 15.1. The molecular formula is C56H34N4S. The van der Waals surface area contributed by atoms with Crippen molar-refractivity contribution in [2.75, 3.05) is 0 Å². The van der Waals surface area contributed by atoms with Crippen LogP contribution in [0.4, 0.5) is 0 Å². The SMILES string of the molecule is c1ccc(-c2nc3c4ccccc4c4cc(-c5ccc(-c6nc(-c7ccc(-c8cccc9ccccc89)cc7)nc(-c7cccc8ccccc78)n6)cc5)ccc4c3s2)cc1. The fraction of sp³-hybridized carbons (Fsp3) is 0. The molecule has 284 valence electrons. The maximum absolute atomic E-state index is 5.17. The lowest BCUT2D eigenvalue weighted by Gasteiger charge is -2.12. The van der Waals surface area contributed by atoms with Crippen molar-refractivity contribution < 1.29 is 0 Å². The van der Waals surface area contributed by atoms with Crippen LogP contribution >= 0.6 is 11.3 Å². The third kappa shape index (κ3) is 6.14. The normalized spacial score (nSPS) is 11.6. The second-order valence-electron chi connectivity index (χ2n) is 15.4. The molecule has 0 amide bonds. The molecule has 10 aromatic carbocycles. The third-order valence-electron chi connectivity index (χ3n) is 11.8. The fourth-order valence-corrected chi connectivity index (χ4v) is 9.85. The largest absolute Gasteiger partial charge is 0.235 e. The summed E-state index contributed by atoms with van der Waals surface area (Å²) in [6.07, 6.45) is 0. The van der Waals surface area contributed by atoms with Gasteiger partial charge < -0.3 is 0 Å². The molecule has 0 bridgehead atoms. The highest BCUT2D eigenvalue weighted by molar-refractivity contribution is 7.22. The average molecular weight is 795 g/mol. The molecule has 2 heterocycles. The molecule has 5 heteroatoms. The molecule has 4 nitrogen and oxygen atoms in total. The van der Waals surface area contributed by atoms with E-state index in [9.17, 15) is 0 Å². The first-order valence-electron chi connectivity index (χ1n) is 20.5. The van der Waals surface area contributed by atoms with E-state index in [2.05, 4.69) is 200 Å². The van der Waals surface area contributed by atoms with E-state index < -0.39 is 0 Å². The Morgan fingerprint density at radius 2 is 0.787 bits per heavy atom. The molecule has 0 fully saturated rings. The highest BCUT2D eigenvalue weighted by Crippen LogP contribution is 2.42. The van der Waals surface area contributed by atoms with Gasteiger partial charge in [0.1, 0.15) is 5.01 Å². The quantitative estimate of drug-likeness (QED) is 0.157. The Hall–Kier alpha value is -7.86. The minimum Gasteiger partial charge on any atom is -0.235 e. The van der Waals surface area contributed by atoms with E-state index in [1.165, 1.54) is 42.6 Å². The van der Waals surface area contributed by atoms with Gasteiger partial charge in [0.2, 0.25) is 0 Å². The van der Waals surface area contributed by atoms with Gasteiger partial charge in [-0.05, 0) is 60.6 Å². The van der Waals surface area contributed by atoms with Gasteiger partial charge in [-0.15, -0.1) is 11.3 Å². The third-order valence-corrected chi connectivity index (χ3v) is 12.9. The molecule has 61 heavy (non-hydrogen) atoms. The lowest BCUT2D eigenvalue weighted by Crippen LogP contribution is -2.00. The fourth-order valence-electron chi connectivity index (χ4n) is 8.72. The number of hydrogen-bond donors (Lipinski definition) is 0. The molecule has 0 N–H and O–H groups in total. The van der Waals surface area contributed by atoms with E-state index in [1.54, 1.807) is 11.3 Å². The number of benzene rings is 10. The second-order valence-corrected chi connectivity index (χ2v) is 16.4. The molecule has 0 saturated heterocycles. The molecule has 0 saturated carbocycles. The smallest absolute Gasteiger partial charge is 0.164 e. The maximum Gasteiger partial charge on any atom is 0.164 e. The summed E-state index contributed by atoms with van der Waals surface area (Å²) in [5.41, 5.74) is 9.65. The summed E-state index contributed by atoms with van der Waals surface area (Å²) in [4.78, 5) is 20.6. The van der Waals surface area contributed by atoms with Crippen molar-refractivity contribution in [1.29, 1.82) is 0 Å². The molecular weight excluding hydrogens is 761 g/mol. The zero-order chi connectivity index (χ0) is 40.3. The molecule has 0 radical (unpaired) electrons. The Bertz CT molecular complexity index is 3620. The van der Waals surface area contributed by atoms with Gasteiger partial charge in [0.25, 0.3) is 0 Å². The molecule has 0 aliphatic heterocycles. The minimum absolute atomic E-state index is 0.629. The number of thiazole rings is 1. The van der Waals surface area contributed by atoms with E-state index in [4.69, 9.17) is 19.9 Å². The first-order valence-corrected chi connectivity index (χ1v) is 21.3. The summed E-state index contributed by atoms with van der Waals surface area (Å²) in [6, 6.07) is 72.8. The van der Waals surface area contributed by atoms with Crippen LogP contribution in [0.25, 0.3) is 120 Å². The van der Waals surface area contributed by atoms with Crippen LogP contribution in [0.2, 0.25) is 0 Å². The molecule has 0 atom stereocenters. The molecule has 12 rings (SSSR count). The first kappa shape index (κ1) is 35.1. The number of nitrogens with zero attached hydrogens (tertiary/aromatic N) is 4. The van der Waals surface area contributed by atoms with Crippen molar-refractivity contribution >= 4 is 64.6 Å². The molecule has 2 aromatic heterocycles. The van der Waals surface area contributed by atoms with E-state index >= 15 is 0 Å². The van der Waals surface area contributed by atoms with Crippen molar-refractivity contribution in [1.82, 2.24) is 19.9 Å². The summed E-state index contributed by atoms with van der Waals surface area (Å²) in [7, 11) is 0. The summed E-state index contributed by atoms with van der Waals surface area (Å²) in [6.45, 7) is 0. The molecule has 0 aliphatic carbocycles. The monoisotopic (exact) mass is 794 g/mol. The van der Waals surface area contributed by atoms with E-state index in [0.717, 1.165) is 60.2 Å². The Balaban J connectivity index is 0.950. The van der Waals surface area contributed by atoms with Crippen molar-refractivity contribution in [2.24, 2.45) is 0 Å². The van der Waals surface area contributed by atoms with Crippen LogP contribution in [0.15, 0.2) is 206 Å². The summed E-state index contributed by atoms with van der Waals surface area (Å²) < 4.78 is 1.21. The highest BCUT2D eigenvalue weighted by Gasteiger charge is 2.17. The van der Waals surface area contributed by atoms with Crippen LogP contribution < -0.4 is 0 Å². The van der Waals surface area contributed by atoms with Crippen molar-refractivity contribution in [3.05, 3.63) is 206 Å². The minimum atomic E-state index is 0.629. The second kappa shape index (κ2) is 14.5. The van der Waals surface area contributed by atoms with Gasteiger partial charge in [-0.2, -0.15) is 0 Å². The number of fused-ring (bicyclic) bond motifs is 8. The van der Waals surface area contributed by atoms with Gasteiger partial charge in [-0.3, -0.25) is 0 Å². The van der Waals surface area contributed by atoms with E-state index in [0.29, 0.717) is 17.5 Å². The van der Waals surface area contributed by atoms with Gasteiger partial charge in [-0.25, -0.2) is 19.9 Å². The van der Waals surface area contributed by atoms with Crippen LogP contribution in [0.3, 0.4) is 0 Å². The lowest BCUT2D eigenvalue weighted by atomic mass is 9.96. The van der Waals surface area contributed by atoms with Gasteiger partial charge >= 0.3 is 0 Å². The van der Waals surface area contributed by atoms with Gasteiger partial charge in [-0.1, -0.05) is 200 Å². The van der Waals surface area contributed by atoms with Crippen LogP contribution in [0, 0.1) is 0 Å².